The van der Waals surface area contributed by atoms with Gasteiger partial charge in [-0.2, -0.15) is 0 Å². The minimum Gasteiger partial charge on any atom is -0.494 e. The molecule has 3 N–H and O–H groups in total. The fraction of sp³-hybridized carbons (Fsp3) is 0.375. The zero-order chi connectivity index (χ0) is 31.2. The maximum absolute atomic E-state index is 13.0. The van der Waals surface area contributed by atoms with Crippen molar-refractivity contribution in [1.29, 1.82) is 0 Å². The molecule has 0 spiro atoms. The number of ether oxygens (including phenoxy) is 1. The summed E-state index contributed by atoms with van der Waals surface area (Å²) < 4.78 is 11.2. The minimum absolute atomic E-state index is 0.0109. The average Bonchev–Trinajstić information content (AvgIpc) is 3.50. The van der Waals surface area contributed by atoms with E-state index in [0.29, 0.717) is 42.1 Å². The molecule has 11 heteroatoms. The van der Waals surface area contributed by atoms with E-state index in [0.717, 1.165) is 29.9 Å². The summed E-state index contributed by atoms with van der Waals surface area (Å²) in [6, 6.07) is 15.6. The van der Waals surface area contributed by atoms with Crippen molar-refractivity contribution in [2.75, 3.05) is 19.8 Å². The van der Waals surface area contributed by atoms with E-state index in [1.165, 1.54) is 12.1 Å². The summed E-state index contributed by atoms with van der Waals surface area (Å²) in [7, 11) is 0. The largest absolute Gasteiger partial charge is 0.494 e. The smallest absolute Gasteiger partial charge is 0.336 e. The second-order valence-corrected chi connectivity index (χ2v) is 9.93. The molecule has 11 nitrogen and oxygen atoms in total. The standard InChI is InChI=1S/C32H39N3O8/c1-4-6-8-13-24(18-35(21-36)42-19-23-11-9-7-10-12-23)30(37)33-20-34-31(38)29-15-14-28(43-29)26-16-25(41-5-2)17-27(22(26)3)32(39)40/h7,9-12,14-17,21,24H,4-6,8,13,18-20H2,1-3H3,(H,33,37)(H,34,38)(H,39,40). The van der Waals surface area contributed by atoms with Gasteiger partial charge >= 0.3 is 5.97 Å². The number of hydroxylamine groups is 2. The molecular formula is C32H39N3O8. The molecule has 2 aromatic carbocycles. The molecule has 3 aromatic rings. The van der Waals surface area contributed by atoms with Gasteiger partial charge in [0.15, 0.2) is 5.76 Å². The molecular weight excluding hydrogens is 554 g/mol. The van der Waals surface area contributed by atoms with Gasteiger partial charge in [-0.25, -0.2) is 9.86 Å². The number of carboxylic acids is 1. The number of carbonyl (C=O) groups excluding carboxylic acids is 3. The number of nitrogens with zero attached hydrogens (tertiary/aromatic N) is 1. The van der Waals surface area contributed by atoms with Crippen molar-refractivity contribution in [3.8, 4) is 17.1 Å². The van der Waals surface area contributed by atoms with E-state index in [2.05, 4.69) is 17.6 Å². The fourth-order valence-corrected chi connectivity index (χ4v) is 4.48. The summed E-state index contributed by atoms with van der Waals surface area (Å²) in [6.45, 7) is 5.96. The normalized spacial score (nSPS) is 11.4. The van der Waals surface area contributed by atoms with Crippen molar-refractivity contribution in [2.45, 2.75) is 53.1 Å². The monoisotopic (exact) mass is 593 g/mol. The van der Waals surface area contributed by atoms with E-state index >= 15 is 0 Å². The third kappa shape index (κ3) is 9.71. The first-order valence-electron chi connectivity index (χ1n) is 14.3. The Morgan fingerprint density at radius 1 is 1.05 bits per heavy atom. The lowest BCUT2D eigenvalue weighted by Gasteiger charge is -2.23. The molecule has 1 atom stereocenters. The summed E-state index contributed by atoms with van der Waals surface area (Å²) in [5.74, 6) is -1.86. The Labute approximate surface area is 251 Å². The van der Waals surface area contributed by atoms with E-state index in [1.807, 2.05) is 30.3 Å². The lowest BCUT2D eigenvalue weighted by molar-refractivity contribution is -0.182. The van der Waals surface area contributed by atoms with Gasteiger partial charge in [0.2, 0.25) is 12.3 Å². The van der Waals surface area contributed by atoms with Crippen LogP contribution >= 0.6 is 0 Å². The Hall–Kier alpha value is -4.64. The van der Waals surface area contributed by atoms with Crippen molar-refractivity contribution in [3.05, 3.63) is 77.0 Å². The first kappa shape index (κ1) is 32.9. The van der Waals surface area contributed by atoms with Gasteiger partial charge in [-0.15, -0.1) is 0 Å². The van der Waals surface area contributed by atoms with E-state index < -0.39 is 17.8 Å². The van der Waals surface area contributed by atoms with Crippen LogP contribution in [-0.2, 0) is 21.0 Å². The number of aromatic carboxylic acids is 1. The van der Waals surface area contributed by atoms with Gasteiger partial charge in [-0.3, -0.25) is 19.2 Å². The van der Waals surface area contributed by atoms with Crippen LogP contribution in [0.4, 0.5) is 0 Å². The van der Waals surface area contributed by atoms with Gasteiger partial charge in [-0.05, 0) is 55.7 Å². The number of furan rings is 1. The van der Waals surface area contributed by atoms with E-state index in [-0.39, 0.29) is 37.1 Å². The van der Waals surface area contributed by atoms with E-state index in [1.54, 1.807) is 26.0 Å². The van der Waals surface area contributed by atoms with Gasteiger partial charge in [0, 0.05) is 5.56 Å². The highest BCUT2D eigenvalue weighted by molar-refractivity contribution is 5.94. The molecule has 0 saturated carbocycles. The van der Waals surface area contributed by atoms with Gasteiger partial charge < -0.3 is 24.9 Å². The van der Waals surface area contributed by atoms with Crippen LogP contribution in [0.1, 0.15) is 71.6 Å². The second kappa shape index (κ2) is 16.7. The molecule has 43 heavy (non-hydrogen) atoms. The predicted octanol–water partition coefficient (Wildman–Crippen LogP) is 4.94. The zero-order valence-corrected chi connectivity index (χ0v) is 24.8. The Balaban J connectivity index is 1.61. The summed E-state index contributed by atoms with van der Waals surface area (Å²) in [5.41, 5.74) is 1.92. The second-order valence-electron chi connectivity index (χ2n) is 9.93. The molecule has 3 rings (SSSR count). The first-order chi connectivity index (χ1) is 20.8. The lowest BCUT2D eigenvalue weighted by atomic mass is 10.00. The van der Waals surface area contributed by atoms with Crippen LogP contribution in [0, 0.1) is 12.8 Å². The Morgan fingerprint density at radius 2 is 1.81 bits per heavy atom. The van der Waals surface area contributed by atoms with Crippen LogP contribution in [0.3, 0.4) is 0 Å². The third-order valence-corrected chi connectivity index (χ3v) is 6.81. The first-order valence-corrected chi connectivity index (χ1v) is 14.3. The SMILES string of the molecule is CCCCCC(CN(C=O)OCc1ccccc1)C(=O)NCNC(=O)c1ccc(-c2cc(OCC)cc(C(=O)O)c2C)o1. The third-order valence-electron chi connectivity index (χ3n) is 6.81. The fourth-order valence-electron chi connectivity index (χ4n) is 4.48. The van der Waals surface area contributed by atoms with Gasteiger partial charge in [0.1, 0.15) is 18.1 Å². The Bertz CT molecular complexity index is 1370. The summed E-state index contributed by atoms with van der Waals surface area (Å²) in [6.07, 6.45) is 3.82. The summed E-state index contributed by atoms with van der Waals surface area (Å²) in [5, 5.41) is 16.0. The van der Waals surface area contributed by atoms with Gasteiger partial charge in [0.25, 0.3) is 5.91 Å². The number of unbranched alkanes of at least 4 members (excludes halogenated alkanes) is 2. The highest BCUT2D eigenvalue weighted by Gasteiger charge is 2.23. The molecule has 0 bridgehead atoms. The summed E-state index contributed by atoms with van der Waals surface area (Å²) in [4.78, 5) is 54.8. The lowest BCUT2D eigenvalue weighted by Crippen LogP contribution is -2.43. The number of rotatable bonds is 18. The van der Waals surface area contributed by atoms with Crippen LogP contribution in [0.2, 0.25) is 0 Å². The van der Waals surface area contributed by atoms with Crippen molar-refractivity contribution >= 4 is 24.2 Å². The number of carboxylic acid groups (broad SMARTS) is 1. The minimum atomic E-state index is -1.10. The molecule has 3 amide bonds. The maximum atomic E-state index is 13.0. The number of carbonyl (C=O) groups is 4. The molecule has 0 saturated heterocycles. The van der Waals surface area contributed by atoms with Crippen LogP contribution in [0.5, 0.6) is 5.75 Å². The number of amides is 3. The number of benzene rings is 2. The molecule has 230 valence electrons. The molecule has 0 aliphatic rings. The Kier molecular flexibility index (Phi) is 12.8. The van der Waals surface area contributed by atoms with Crippen LogP contribution in [0.25, 0.3) is 11.3 Å². The highest BCUT2D eigenvalue weighted by Crippen LogP contribution is 2.32. The molecule has 0 fully saturated rings. The van der Waals surface area contributed by atoms with Crippen LogP contribution < -0.4 is 15.4 Å². The van der Waals surface area contributed by atoms with E-state index in [9.17, 15) is 24.3 Å². The Morgan fingerprint density at radius 3 is 2.49 bits per heavy atom. The molecule has 1 heterocycles. The van der Waals surface area contributed by atoms with Crippen molar-refractivity contribution < 1.29 is 38.3 Å². The molecule has 1 aromatic heterocycles. The van der Waals surface area contributed by atoms with E-state index in [4.69, 9.17) is 14.0 Å². The quantitative estimate of drug-likeness (QED) is 0.0813. The number of hydrogen-bond donors (Lipinski definition) is 3. The number of hydrogen-bond acceptors (Lipinski definition) is 7. The van der Waals surface area contributed by atoms with Crippen molar-refractivity contribution in [1.82, 2.24) is 15.7 Å². The zero-order valence-electron chi connectivity index (χ0n) is 24.8. The predicted molar refractivity (Wildman–Crippen MR) is 159 cm³/mol. The molecule has 0 aliphatic carbocycles. The van der Waals surface area contributed by atoms with Crippen molar-refractivity contribution in [3.63, 3.8) is 0 Å². The molecule has 0 radical (unpaired) electrons. The van der Waals surface area contributed by atoms with Crippen LogP contribution in [0.15, 0.2) is 59.0 Å². The maximum Gasteiger partial charge on any atom is 0.336 e. The van der Waals surface area contributed by atoms with Crippen molar-refractivity contribution in [2.24, 2.45) is 5.92 Å². The summed E-state index contributed by atoms with van der Waals surface area (Å²) >= 11 is 0. The molecule has 1 unspecified atom stereocenters. The average molecular weight is 594 g/mol. The topological polar surface area (TPSA) is 147 Å². The van der Waals surface area contributed by atoms with Gasteiger partial charge in [-0.1, -0.05) is 56.5 Å². The molecule has 0 aliphatic heterocycles. The highest BCUT2D eigenvalue weighted by atomic mass is 16.7. The van der Waals surface area contributed by atoms with Crippen LogP contribution in [-0.4, -0.2) is 54.2 Å². The number of nitrogens with one attached hydrogen (secondary N) is 2. The van der Waals surface area contributed by atoms with Gasteiger partial charge in [0.05, 0.1) is 31.3 Å².